The van der Waals surface area contributed by atoms with E-state index in [0.29, 0.717) is 30.9 Å². The van der Waals surface area contributed by atoms with E-state index >= 15 is 0 Å². The summed E-state index contributed by atoms with van der Waals surface area (Å²) >= 11 is 0. The molecule has 0 N–H and O–H groups in total. The van der Waals surface area contributed by atoms with Crippen molar-refractivity contribution in [2.24, 2.45) is 11.3 Å². The number of ketones is 1. The fourth-order valence-corrected chi connectivity index (χ4v) is 4.44. The van der Waals surface area contributed by atoms with Gasteiger partial charge < -0.3 is 9.47 Å². The molecule has 0 aliphatic heterocycles. The van der Waals surface area contributed by atoms with Gasteiger partial charge in [-0.3, -0.25) is 4.79 Å². The van der Waals surface area contributed by atoms with Gasteiger partial charge in [-0.15, -0.1) is 0 Å². The highest BCUT2D eigenvalue weighted by Crippen LogP contribution is 2.53. The van der Waals surface area contributed by atoms with Gasteiger partial charge in [0.15, 0.2) is 11.4 Å². The zero-order valence-corrected chi connectivity index (χ0v) is 17.4. The van der Waals surface area contributed by atoms with Crippen LogP contribution < -0.4 is 0 Å². The predicted molar refractivity (Wildman–Crippen MR) is 103 cm³/mol. The van der Waals surface area contributed by atoms with Gasteiger partial charge in [0.25, 0.3) is 0 Å². The molecule has 26 heavy (non-hydrogen) atoms. The Morgan fingerprint density at radius 3 is 2.54 bits per heavy atom. The van der Waals surface area contributed by atoms with Gasteiger partial charge >= 0.3 is 5.97 Å². The number of carbonyl (C=O) groups excluding carboxylic acids is 2. The highest BCUT2D eigenvalue weighted by molar-refractivity contribution is 5.94. The van der Waals surface area contributed by atoms with E-state index < -0.39 is 11.6 Å². The normalized spacial score (nSPS) is 32.7. The first kappa shape index (κ1) is 20.9. The van der Waals surface area contributed by atoms with Crippen molar-refractivity contribution in [1.29, 1.82) is 0 Å². The van der Waals surface area contributed by atoms with Crippen LogP contribution in [0, 0.1) is 11.3 Å². The number of carbonyl (C=O) groups is 2. The van der Waals surface area contributed by atoms with Crippen LogP contribution in [0.2, 0.25) is 0 Å². The monoisotopic (exact) mass is 362 g/mol. The second-order valence-electron chi connectivity index (χ2n) is 8.49. The summed E-state index contributed by atoms with van der Waals surface area (Å²) in [5.74, 6) is 0.00831. The van der Waals surface area contributed by atoms with Gasteiger partial charge in [-0.05, 0) is 63.9 Å². The van der Waals surface area contributed by atoms with Crippen molar-refractivity contribution >= 4 is 11.8 Å². The molecule has 2 aliphatic rings. The maximum absolute atomic E-state index is 13.1. The van der Waals surface area contributed by atoms with E-state index in [2.05, 4.69) is 20.8 Å². The smallest absolute Gasteiger partial charge is 0.334 e. The Balaban J connectivity index is 2.36. The summed E-state index contributed by atoms with van der Waals surface area (Å²) in [7, 11) is 0. The van der Waals surface area contributed by atoms with E-state index in [4.69, 9.17) is 9.47 Å². The molecule has 4 heteroatoms. The molecule has 0 radical (unpaired) electrons. The Morgan fingerprint density at radius 2 is 2.00 bits per heavy atom. The Labute approximate surface area is 158 Å². The van der Waals surface area contributed by atoms with E-state index in [1.807, 2.05) is 6.92 Å². The molecule has 4 nitrogen and oxygen atoms in total. The molecule has 146 valence electrons. The highest BCUT2D eigenvalue weighted by Gasteiger charge is 2.51. The number of esters is 1. The molecule has 0 aromatic heterocycles. The summed E-state index contributed by atoms with van der Waals surface area (Å²) in [6.45, 7) is 14.5. The quantitative estimate of drug-likeness (QED) is 0.401. The molecule has 0 bridgehead atoms. The second-order valence-corrected chi connectivity index (χ2v) is 8.49. The van der Waals surface area contributed by atoms with Gasteiger partial charge in [0.1, 0.15) is 0 Å². The summed E-state index contributed by atoms with van der Waals surface area (Å²) in [6.07, 6.45) is 4.38. The molecule has 0 aromatic carbocycles. The van der Waals surface area contributed by atoms with Crippen molar-refractivity contribution in [3.63, 3.8) is 0 Å². The average molecular weight is 363 g/mol. The van der Waals surface area contributed by atoms with Gasteiger partial charge in [0, 0.05) is 18.6 Å². The van der Waals surface area contributed by atoms with E-state index in [-0.39, 0.29) is 17.3 Å². The number of fused-ring (bicyclic) bond motifs is 1. The molecule has 2 rings (SSSR count). The van der Waals surface area contributed by atoms with Crippen LogP contribution in [0.5, 0.6) is 0 Å². The SMILES string of the molecule is C/C=C(/C)C(=O)O[C@@]1(C)CCC2=C(C(C)C)[C@@H](OCC)C[C@]2(C)CC1=O. The van der Waals surface area contributed by atoms with Crippen molar-refractivity contribution in [3.05, 3.63) is 22.8 Å². The van der Waals surface area contributed by atoms with Crippen molar-refractivity contribution in [2.75, 3.05) is 6.61 Å². The minimum absolute atomic E-state index is 0.0208. The zero-order chi connectivity index (χ0) is 19.7. The van der Waals surface area contributed by atoms with Gasteiger partial charge in [-0.25, -0.2) is 4.79 Å². The molecule has 0 heterocycles. The fraction of sp³-hybridized carbons (Fsp3) is 0.727. The zero-order valence-electron chi connectivity index (χ0n) is 17.4. The molecular weight excluding hydrogens is 328 g/mol. The third-order valence-electron chi connectivity index (χ3n) is 6.12. The Morgan fingerprint density at radius 1 is 1.35 bits per heavy atom. The molecule has 1 saturated carbocycles. The summed E-state index contributed by atoms with van der Waals surface area (Å²) in [4.78, 5) is 25.4. The molecule has 0 spiro atoms. The molecular formula is C22H34O4. The number of rotatable bonds is 5. The lowest BCUT2D eigenvalue weighted by Crippen LogP contribution is -2.41. The third kappa shape index (κ3) is 3.80. The first-order chi connectivity index (χ1) is 12.1. The van der Waals surface area contributed by atoms with Gasteiger partial charge in [-0.1, -0.05) is 32.4 Å². The maximum atomic E-state index is 13.1. The minimum atomic E-state index is -1.05. The van der Waals surface area contributed by atoms with Crippen molar-refractivity contribution in [1.82, 2.24) is 0 Å². The van der Waals surface area contributed by atoms with Crippen LogP contribution in [0.3, 0.4) is 0 Å². The number of allylic oxidation sites excluding steroid dienone is 2. The molecule has 0 saturated heterocycles. The van der Waals surface area contributed by atoms with Crippen LogP contribution in [0.4, 0.5) is 0 Å². The van der Waals surface area contributed by atoms with Crippen molar-refractivity contribution in [3.8, 4) is 0 Å². The number of hydrogen-bond acceptors (Lipinski definition) is 4. The lowest BCUT2D eigenvalue weighted by molar-refractivity contribution is -0.163. The second kappa shape index (κ2) is 7.67. The number of Topliss-reactive ketones (excluding diaryl/α,β-unsaturated/α-hetero) is 1. The molecule has 0 unspecified atom stereocenters. The minimum Gasteiger partial charge on any atom is -0.448 e. The highest BCUT2D eigenvalue weighted by atomic mass is 16.6. The third-order valence-corrected chi connectivity index (χ3v) is 6.12. The molecule has 0 aromatic rings. The molecule has 2 aliphatic carbocycles. The van der Waals surface area contributed by atoms with Crippen LogP contribution in [0.1, 0.15) is 74.1 Å². The average Bonchev–Trinajstić information content (AvgIpc) is 2.79. The maximum Gasteiger partial charge on any atom is 0.334 e. The standard InChI is InChI=1S/C22H34O4/c1-8-15(5)20(24)26-22(7)11-10-16-19(14(3)4)17(25-9-2)12-21(16,6)13-18(22)23/h8,14,17H,9-13H2,1-7H3/b15-8-/t17-,21+,22-/m0/s1. The van der Waals surface area contributed by atoms with Crippen molar-refractivity contribution in [2.45, 2.75) is 85.9 Å². The lowest BCUT2D eigenvalue weighted by Gasteiger charge is -2.29. The molecule has 0 amide bonds. The van der Waals surface area contributed by atoms with Gasteiger partial charge in [-0.2, -0.15) is 0 Å². The Bertz CT molecular complexity index is 643. The number of ether oxygens (including phenoxy) is 2. The lowest BCUT2D eigenvalue weighted by atomic mass is 9.78. The van der Waals surface area contributed by atoms with Crippen LogP contribution >= 0.6 is 0 Å². The van der Waals surface area contributed by atoms with Crippen LogP contribution in [-0.2, 0) is 19.1 Å². The van der Waals surface area contributed by atoms with Gasteiger partial charge in [0.2, 0.25) is 0 Å². The van der Waals surface area contributed by atoms with E-state index in [1.165, 1.54) is 11.1 Å². The van der Waals surface area contributed by atoms with Crippen LogP contribution in [-0.4, -0.2) is 30.1 Å². The van der Waals surface area contributed by atoms with E-state index in [0.717, 1.165) is 12.8 Å². The largest absolute Gasteiger partial charge is 0.448 e. The Kier molecular flexibility index (Phi) is 6.17. The topological polar surface area (TPSA) is 52.6 Å². The van der Waals surface area contributed by atoms with Crippen molar-refractivity contribution < 1.29 is 19.1 Å². The molecule has 3 atom stereocenters. The van der Waals surface area contributed by atoms with Gasteiger partial charge in [0.05, 0.1) is 6.10 Å². The van der Waals surface area contributed by atoms with E-state index in [1.54, 1.807) is 26.8 Å². The summed E-state index contributed by atoms with van der Waals surface area (Å²) in [5, 5.41) is 0. The van der Waals surface area contributed by atoms with Crippen LogP contribution in [0.25, 0.3) is 0 Å². The molecule has 1 fully saturated rings. The summed E-state index contributed by atoms with van der Waals surface area (Å²) in [5.41, 5.74) is 1.98. The summed E-state index contributed by atoms with van der Waals surface area (Å²) in [6, 6.07) is 0. The fourth-order valence-electron chi connectivity index (χ4n) is 4.44. The Hall–Kier alpha value is -1.42. The predicted octanol–water partition coefficient (Wildman–Crippen LogP) is 4.78. The first-order valence-corrected chi connectivity index (χ1v) is 9.82. The van der Waals surface area contributed by atoms with E-state index in [9.17, 15) is 9.59 Å². The number of hydrogen-bond donors (Lipinski definition) is 0. The first-order valence-electron chi connectivity index (χ1n) is 9.82. The van der Waals surface area contributed by atoms with Crippen LogP contribution in [0.15, 0.2) is 22.8 Å². The summed E-state index contributed by atoms with van der Waals surface area (Å²) < 4.78 is 11.7.